The van der Waals surface area contributed by atoms with E-state index >= 15 is 0 Å². The van der Waals surface area contributed by atoms with Gasteiger partial charge in [-0.15, -0.1) is 11.3 Å². The van der Waals surface area contributed by atoms with E-state index in [9.17, 15) is 14.4 Å². The lowest BCUT2D eigenvalue weighted by Gasteiger charge is -2.29. The Balaban J connectivity index is 1.67. The van der Waals surface area contributed by atoms with E-state index in [0.717, 1.165) is 16.1 Å². The van der Waals surface area contributed by atoms with Gasteiger partial charge >= 0.3 is 0 Å². The SMILES string of the molecule is Cc1ccc(N2C(=O)CC(C(=O)N(C)c3ccc(C(N)=O)cc3)C2c2cccs2)cc1. The number of primary amides is 1. The van der Waals surface area contributed by atoms with Gasteiger partial charge in [0.2, 0.25) is 17.7 Å². The van der Waals surface area contributed by atoms with Gasteiger partial charge in [0.15, 0.2) is 0 Å². The largest absolute Gasteiger partial charge is 0.366 e. The molecule has 2 unspecified atom stereocenters. The minimum absolute atomic E-state index is 0.0712. The van der Waals surface area contributed by atoms with Crippen LogP contribution in [0.3, 0.4) is 0 Å². The van der Waals surface area contributed by atoms with Crippen molar-refractivity contribution in [1.29, 1.82) is 0 Å². The van der Waals surface area contributed by atoms with Gasteiger partial charge in [-0.05, 0) is 54.8 Å². The van der Waals surface area contributed by atoms with Crippen LogP contribution in [0.5, 0.6) is 0 Å². The predicted molar refractivity (Wildman–Crippen MR) is 122 cm³/mol. The van der Waals surface area contributed by atoms with Crippen LogP contribution in [0.15, 0.2) is 66.0 Å². The number of anilines is 2. The van der Waals surface area contributed by atoms with Crippen molar-refractivity contribution in [1.82, 2.24) is 0 Å². The van der Waals surface area contributed by atoms with Crippen LogP contribution in [0.25, 0.3) is 0 Å². The monoisotopic (exact) mass is 433 g/mol. The molecule has 0 bridgehead atoms. The summed E-state index contributed by atoms with van der Waals surface area (Å²) in [5, 5.41) is 1.96. The Morgan fingerprint density at radius 2 is 1.74 bits per heavy atom. The zero-order valence-electron chi connectivity index (χ0n) is 17.3. The Bertz CT molecular complexity index is 1110. The number of hydrogen-bond acceptors (Lipinski definition) is 4. The second kappa shape index (κ2) is 8.35. The van der Waals surface area contributed by atoms with E-state index in [1.165, 1.54) is 0 Å². The van der Waals surface area contributed by atoms with E-state index < -0.39 is 11.8 Å². The summed E-state index contributed by atoms with van der Waals surface area (Å²) in [5.74, 6) is -1.26. The first-order chi connectivity index (χ1) is 14.9. The maximum atomic E-state index is 13.5. The summed E-state index contributed by atoms with van der Waals surface area (Å²) in [6, 6.07) is 17.9. The first-order valence-corrected chi connectivity index (χ1v) is 10.8. The molecule has 1 aliphatic heterocycles. The van der Waals surface area contributed by atoms with Gasteiger partial charge in [0.1, 0.15) is 0 Å². The van der Waals surface area contributed by atoms with Crippen LogP contribution in [-0.4, -0.2) is 24.8 Å². The molecule has 1 aromatic heterocycles. The Kier molecular flexibility index (Phi) is 5.61. The highest BCUT2D eigenvalue weighted by Crippen LogP contribution is 2.44. The molecule has 0 spiro atoms. The first kappa shape index (κ1) is 20.8. The Morgan fingerprint density at radius 1 is 1.06 bits per heavy atom. The minimum Gasteiger partial charge on any atom is -0.366 e. The van der Waals surface area contributed by atoms with Gasteiger partial charge in [-0.3, -0.25) is 14.4 Å². The maximum Gasteiger partial charge on any atom is 0.248 e. The summed E-state index contributed by atoms with van der Waals surface area (Å²) in [7, 11) is 1.69. The second-order valence-corrected chi connectivity index (χ2v) is 8.66. The zero-order chi connectivity index (χ0) is 22.1. The van der Waals surface area contributed by atoms with Crippen molar-refractivity contribution < 1.29 is 14.4 Å². The van der Waals surface area contributed by atoms with Gasteiger partial charge < -0.3 is 15.5 Å². The molecule has 2 aromatic carbocycles. The molecule has 31 heavy (non-hydrogen) atoms. The normalized spacial score (nSPS) is 18.3. The van der Waals surface area contributed by atoms with Gasteiger partial charge in [0.25, 0.3) is 0 Å². The van der Waals surface area contributed by atoms with Gasteiger partial charge in [-0.1, -0.05) is 23.8 Å². The standard InChI is InChI=1S/C24H23N3O3S/c1-15-5-9-18(10-6-15)27-21(28)14-19(22(27)20-4-3-13-31-20)24(30)26(2)17-11-7-16(8-12-17)23(25)29/h3-13,19,22H,14H2,1-2H3,(H2,25,29). The molecular formula is C24H23N3O3S. The van der Waals surface area contributed by atoms with Gasteiger partial charge in [0.05, 0.1) is 12.0 Å². The number of nitrogens with zero attached hydrogens (tertiary/aromatic N) is 2. The predicted octanol–water partition coefficient (Wildman–Crippen LogP) is 3.91. The molecule has 2 heterocycles. The van der Waals surface area contributed by atoms with Crippen LogP contribution in [0, 0.1) is 12.8 Å². The third kappa shape index (κ3) is 3.96. The van der Waals surface area contributed by atoms with Crippen LogP contribution >= 0.6 is 11.3 Å². The summed E-state index contributed by atoms with van der Waals surface area (Å²) in [6.45, 7) is 2.00. The minimum atomic E-state index is -0.520. The first-order valence-electron chi connectivity index (χ1n) is 9.96. The number of carbonyl (C=O) groups excluding carboxylic acids is 3. The van der Waals surface area contributed by atoms with Crippen LogP contribution < -0.4 is 15.5 Å². The fraction of sp³-hybridized carbons (Fsp3) is 0.208. The van der Waals surface area contributed by atoms with Crippen molar-refractivity contribution in [2.75, 3.05) is 16.8 Å². The lowest BCUT2D eigenvalue weighted by molar-refractivity contribution is -0.124. The number of benzene rings is 2. The van der Waals surface area contributed by atoms with Crippen molar-refractivity contribution >= 4 is 40.4 Å². The molecule has 6 nitrogen and oxygen atoms in total. The fourth-order valence-electron chi connectivity index (χ4n) is 3.98. The molecule has 2 atom stereocenters. The van der Waals surface area contributed by atoms with Crippen molar-refractivity contribution in [3.63, 3.8) is 0 Å². The van der Waals surface area contributed by atoms with Crippen LogP contribution in [-0.2, 0) is 9.59 Å². The van der Waals surface area contributed by atoms with Gasteiger partial charge in [-0.25, -0.2) is 0 Å². The Hall–Kier alpha value is -3.45. The molecule has 0 aliphatic carbocycles. The van der Waals surface area contributed by atoms with E-state index in [0.29, 0.717) is 11.3 Å². The molecule has 0 radical (unpaired) electrons. The number of nitrogens with two attached hydrogens (primary N) is 1. The molecule has 7 heteroatoms. The quantitative estimate of drug-likeness (QED) is 0.662. The highest BCUT2D eigenvalue weighted by Gasteiger charge is 2.46. The second-order valence-electron chi connectivity index (χ2n) is 7.68. The van der Waals surface area contributed by atoms with Gasteiger partial charge in [-0.2, -0.15) is 0 Å². The number of thiophene rings is 1. The van der Waals surface area contributed by atoms with Crippen LogP contribution in [0.4, 0.5) is 11.4 Å². The highest BCUT2D eigenvalue weighted by atomic mass is 32.1. The smallest absolute Gasteiger partial charge is 0.248 e. The summed E-state index contributed by atoms with van der Waals surface area (Å²) < 4.78 is 0. The van der Waals surface area contributed by atoms with E-state index in [2.05, 4.69) is 0 Å². The summed E-state index contributed by atoms with van der Waals surface area (Å²) >= 11 is 1.54. The topological polar surface area (TPSA) is 83.7 Å². The third-order valence-electron chi connectivity index (χ3n) is 5.66. The number of carbonyl (C=O) groups is 3. The van der Waals surface area contributed by atoms with Crippen molar-refractivity contribution in [2.24, 2.45) is 11.7 Å². The average molecular weight is 434 g/mol. The molecule has 2 N–H and O–H groups in total. The van der Waals surface area contributed by atoms with Gasteiger partial charge in [0, 0.05) is 35.3 Å². The third-order valence-corrected chi connectivity index (χ3v) is 6.60. The number of hydrogen-bond donors (Lipinski definition) is 1. The molecule has 3 aromatic rings. The molecule has 4 rings (SSSR count). The van der Waals surface area contributed by atoms with Crippen molar-refractivity contribution in [3.8, 4) is 0 Å². The number of aryl methyl sites for hydroxylation is 1. The van der Waals surface area contributed by atoms with Crippen LogP contribution in [0.2, 0.25) is 0 Å². The highest BCUT2D eigenvalue weighted by molar-refractivity contribution is 7.10. The summed E-state index contributed by atoms with van der Waals surface area (Å²) in [4.78, 5) is 42.2. The zero-order valence-corrected chi connectivity index (χ0v) is 18.1. The molecular weight excluding hydrogens is 410 g/mol. The Morgan fingerprint density at radius 3 is 2.32 bits per heavy atom. The molecule has 158 valence electrons. The number of rotatable bonds is 5. The van der Waals surface area contributed by atoms with Crippen molar-refractivity contribution in [2.45, 2.75) is 19.4 Å². The average Bonchev–Trinajstić information content (AvgIpc) is 3.41. The molecule has 0 saturated carbocycles. The van der Waals surface area contributed by atoms with Crippen molar-refractivity contribution in [3.05, 3.63) is 82.0 Å². The molecule has 1 aliphatic rings. The van der Waals surface area contributed by atoms with E-state index in [-0.39, 0.29) is 24.3 Å². The lowest BCUT2D eigenvalue weighted by Crippen LogP contribution is -2.36. The van der Waals surface area contributed by atoms with E-state index in [1.54, 1.807) is 52.4 Å². The Labute approximate surface area is 184 Å². The molecule has 1 saturated heterocycles. The maximum absolute atomic E-state index is 13.5. The van der Waals surface area contributed by atoms with E-state index in [1.807, 2.05) is 48.7 Å². The molecule has 1 fully saturated rings. The summed E-state index contributed by atoms with van der Waals surface area (Å²) in [6.07, 6.45) is 0.138. The lowest BCUT2D eigenvalue weighted by atomic mass is 9.96. The molecule has 3 amide bonds. The van der Waals surface area contributed by atoms with Crippen LogP contribution in [0.1, 0.15) is 33.3 Å². The van der Waals surface area contributed by atoms with E-state index in [4.69, 9.17) is 5.73 Å². The number of amides is 3. The summed E-state index contributed by atoms with van der Waals surface area (Å²) in [5.41, 5.74) is 8.22. The fourth-order valence-corrected chi connectivity index (χ4v) is 4.86.